The van der Waals surface area contributed by atoms with Gasteiger partial charge in [0.2, 0.25) is 0 Å². The van der Waals surface area contributed by atoms with Crippen LogP contribution in [0.3, 0.4) is 0 Å². The fraction of sp³-hybridized carbons (Fsp3) is 0.667. The van der Waals surface area contributed by atoms with Gasteiger partial charge in [-0.2, -0.15) is 5.10 Å². The smallest absolute Gasteiger partial charge is 0.108 e. The monoisotopic (exact) mass is 243 g/mol. The first-order valence-corrected chi connectivity index (χ1v) is 5.44. The van der Waals surface area contributed by atoms with Crippen LogP contribution in [0.5, 0.6) is 0 Å². The minimum Gasteiger partial charge on any atom is -0.326 e. The maximum Gasteiger partial charge on any atom is 0.108 e. The Morgan fingerprint density at radius 1 is 1.62 bits per heavy atom. The summed E-state index contributed by atoms with van der Waals surface area (Å²) < 4.78 is 2.91. The number of aryl methyl sites for hydroxylation is 1. The summed E-state index contributed by atoms with van der Waals surface area (Å²) in [5.41, 5.74) is 8.10. The van der Waals surface area contributed by atoms with Gasteiger partial charge in [0.1, 0.15) is 4.60 Å². The third-order valence-electron chi connectivity index (χ3n) is 2.80. The molecule has 72 valence electrons. The van der Waals surface area contributed by atoms with E-state index in [0.29, 0.717) is 12.5 Å². The maximum absolute atomic E-state index is 5.70. The standard InChI is InChI=1S/C9H14BrN3/c1-13-9(10)7(5-11)8(12-13)6-3-2-4-6/h6H,2-5,11H2,1H3. The van der Waals surface area contributed by atoms with Crippen molar-refractivity contribution in [2.45, 2.75) is 31.7 Å². The van der Waals surface area contributed by atoms with Crippen LogP contribution < -0.4 is 5.73 Å². The molecule has 2 rings (SSSR count). The lowest BCUT2D eigenvalue weighted by molar-refractivity contribution is 0.405. The van der Waals surface area contributed by atoms with E-state index in [0.717, 1.165) is 4.60 Å². The first kappa shape index (κ1) is 9.21. The van der Waals surface area contributed by atoms with Gasteiger partial charge in [-0.1, -0.05) is 6.42 Å². The number of rotatable bonds is 2. The van der Waals surface area contributed by atoms with E-state index in [1.165, 1.54) is 30.5 Å². The van der Waals surface area contributed by atoms with Gasteiger partial charge in [0.15, 0.2) is 0 Å². The second-order valence-corrected chi connectivity index (χ2v) is 4.36. The first-order valence-electron chi connectivity index (χ1n) is 4.65. The van der Waals surface area contributed by atoms with Gasteiger partial charge in [-0.05, 0) is 28.8 Å². The molecule has 2 N–H and O–H groups in total. The molecule has 0 atom stereocenters. The van der Waals surface area contributed by atoms with Crippen LogP contribution in [-0.2, 0) is 13.6 Å². The fourth-order valence-electron chi connectivity index (χ4n) is 1.77. The maximum atomic E-state index is 5.70. The minimum absolute atomic E-state index is 0.584. The van der Waals surface area contributed by atoms with Crippen molar-refractivity contribution in [1.29, 1.82) is 0 Å². The summed E-state index contributed by atoms with van der Waals surface area (Å²) in [6.07, 6.45) is 3.88. The Bertz CT molecular complexity index is 315. The number of aromatic nitrogens is 2. The van der Waals surface area contributed by atoms with Crippen LogP contribution in [0.25, 0.3) is 0 Å². The molecule has 13 heavy (non-hydrogen) atoms. The van der Waals surface area contributed by atoms with Gasteiger partial charge < -0.3 is 5.73 Å². The third-order valence-corrected chi connectivity index (χ3v) is 3.79. The molecule has 0 amide bonds. The minimum atomic E-state index is 0.584. The van der Waals surface area contributed by atoms with E-state index in [4.69, 9.17) is 5.73 Å². The first-order chi connectivity index (χ1) is 6.24. The summed E-state index contributed by atoms with van der Waals surface area (Å²) in [7, 11) is 1.95. The van der Waals surface area contributed by atoms with E-state index >= 15 is 0 Å². The molecule has 0 bridgehead atoms. The van der Waals surface area contributed by atoms with Gasteiger partial charge in [-0.3, -0.25) is 4.68 Å². The zero-order chi connectivity index (χ0) is 9.42. The van der Waals surface area contributed by atoms with Crippen molar-refractivity contribution in [2.24, 2.45) is 12.8 Å². The summed E-state index contributed by atoms with van der Waals surface area (Å²) >= 11 is 3.50. The molecule has 1 fully saturated rings. The van der Waals surface area contributed by atoms with E-state index in [-0.39, 0.29) is 0 Å². The normalized spacial score (nSPS) is 17.5. The highest BCUT2D eigenvalue weighted by atomic mass is 79.9. The van der Waals surface area contributed by atoms with E-state index in [9.17, 15) is 0 Å². The zero-order valence-corrected chi connectivity index (χ0v) is 9.34. The summed E-state index contributed by atoms with van der Waals surface area (Å²) in [4.78, 5) is 0. The molecule has 0 aromatic carbocycles. The Hall–Kier alpha value is -0.350. The van der Waals surface area contributed by atoms with E-state index < -0.39 is 0 Å². The third kappa shape index (κ3) is 1.42. The number of nitrogens with zero attached hydrogens (tertiary/aromatic N) is 2. The molecule has 1 saturated carbocycles. The molecule has 4 heteroatoms. The van der Waals surface area contributed by atoms with Crippen LogP contribution in [0.4, 0.5) is 0 Å². The van der Waals surface area contributed by atoms with Gasteiger partial charge in [-0.25, -0.2) is 0 Å². The molecule has 0 radical (unpaired) electrons. The van der Waals surface area contributed by atoms with Crippen LogP contribution >= 0.6 is 15.9 Å². The molecular weight excluding hydrogens is 230 g/mol. The molecule has 0 spiro atoms. The van der Waals surface area contributed by atoms with Crippen molar-refractivity contribution in [1.82, 2.24) is 9.78 Å². The van der Waals surface area contributed by atoms with E-state index in [1.54, 1.807) is 0 Å². The molecule has 3 nitrogen and oxygen atoms in total. The lowest BCUT2D eigenvalue weighted by Crippen LogP contribution is -2.12. The predicted molar refractivity (Wildman–Crippen MR) is 55.4 cm³/mol. The van der Waals surface area contributed by atoms with Gasteiger partial charge in [0.05, 0.1) is 5.69 Å². The van der Waals surface area contributed by atoms with E-state index in [2.05, 4.69) is 21.0 Å². The van der Waals surface area contributed by atoms with Crippen molar-refractivity contribution in [3.8, 4) is 0 Å². The zero-order valence-electron chi connectivity index (χ0n) is 7.76. The number of hydrogen-bond donors (Lipinski definition) is 1. The molecule has 0 unspecified atom stereocenters. The van der Waals surface area contributed by atoms with E-state index in [1.807, 2.05) is 11.7 Å². The second kappa shape index (κ2) is 3.42. The van der Waals surface area contributed by atoms with Gasteiger partial charge >= 0.3 is 0 Å². The second-order valence-electron chi connectivity index (χ2n) is 3.61. The fourth-order valence-corrected chi connectivity index (χ4v) is 2.21. The average molecular weight is 244 g/mol. The average Bonchev–Trinajstić information content (AvgIpc) is 2.25. The molecule has 0 aliphatic heterocycles. The summed E-state index contributed by atoms with van der Waals surface area (Å²) in [5.74, 6) is 0.663. The molecule has 1 heterocycles. The molecule has 1 aromatic heterocycles. The summed E-state index contributed by atoms with van der Waals surface area (Å²) in [5, 5.41) is 4.49. The Morgan fingerprint density at radius 3 is 2.77 bits per heavy atom. The highest BCUT2D eigenvalue weighted by Gasteiger charge is 2.26. The summed E-state index contributed by atoms with van der Waals surface area (Å²) in [6.45, 7) is 0.584. The Morgan fingerprint density at radius 2 is 2.31 bits per heavy atom. The lowest BCUT2D eigenvalue weighted by Gasteiger charge is -2.24. The number of hydrogen-bond acceptors (Lipinski definition) is 2. The largest absolute Gasteiger partial charge is 0.326 e. The van der Waals surface area contributed by atoms with Crippen LogP contribution in [0.15, 0.2) is 4.60 Å². The topological polar surface area (TPSA) is 43.8 Å². The highest BCUT2D eigenvalue weighted by Crippen LogP contribution is 2.38. The van der Waals surface area contributed by atoms with Crippen molar-refractivity contribution in [2.75, 3.05) is 0 Å². The van der Waals surface area contributed by atoms with Crippen LogP contribution in [0.2, 0.25) is 0 Å². The van der Waals surface area contributed by atoms with Gasteiger partial charge in [0.25, 0.3) is 0 Å². The van der Waals surface area contributed by atoms with Gasteiger partial charge in [-0.15, -0.1) is 0 Å². The van der Waals surface area contributed by atoms with Crippen molar-refractivity contribution >= 4 is 15.9 Å². The molecular formula is C9H14BrN3. The Balaban J connectivity index is 2.37. The van der Waals surface area contributed by atoms with Crippen molar-refractivity contribution in [3.05, 3.63) is 15.9 Å². The number of halogens is 1. The molecule has 0 saturated heterocycles. The lowest BCUT2D eigenvalue weighted by atomic mass is 9.82. The van der Waals surface area contributed by atoms with Crippen molar-refractivity contribution in [3.63, 3.8) is 0 Å². The van der Waals surface area contributed by atoms with Crippen molar-refractivity contribution < 1.29 is 0 Å². The number of nitrogens with two attached hydrogens (primary N) is 1. The molecule has 1 aromatic rings. The Labute approximate surface area is 86.4 Å². The molecule has 1 aliphatic rings. The van der Waals surface area contributed by atoms with Gasteiger partial charge in [0, 0.05) is 25.1 Å². The predicted octanol–water partition coefficient (Wildman–Crippen LogP) is 1.91. The SMILES string of the molecule is Cn1nc(C2CCC2)c(CN)c1Br. The highest BCUT2D eigenvalue weighted by molar-refractivity contribution is 9.10. The molecule has 1 aliphatic carbocycles. The van der Waals surface area contributed by atoms with Crippen LogP contribution in [0, 0.1) is 0 Å². The van der Waals surface area contributed by atoms with Crippen LogP contribution in [0.1, 0.15) is 36.4 Å². The van der Waals surface area contributed by atoms with Crippen LogP contribution in [-0.4, -0.2) is 9.78 Å². The quantitative estimate of drug-likeness (QED) is 0.863. The Kier molecular flexibility index (Phi) is 2.43. The summed E-state index contributed by atoms with van der Waals surface area (Å²) in [6, 6.07) is 0.